The van der Waals surface area contributed by atoms with Crippen LogP contribution in [-0.2, 0) is 0 Å². The van der Waals surface area contributed by atoms with Crippen molar-refractivity contribution in [2.45, 2.75) is 0 Å². The molecule has 7 heteroatoms. The summed E-state index contributed by atoms with van der Waals surface area (Å²) in [6.45, 7) is 0. The molecule has 0 atom stereocenters. The van der Waals surface area contributed by atoms with Gasteiger partial charge in [-0.05, 0) is 48.5 Å². The average molecular weight is 367 g/mol. The van der Waals surface area contributed by atoms with Crippen LogP contribution in [0.2, 0.25) is 0 Å². The topological polar surface area (TPSA) is 76.7 Å². The summed E-state index contributed by atoms with van der Waals surface area (Å²) in [6.07, 6.45) is -0.508. The van der Waals surface area contributed by atoms with Crippen LogP contribution in [0.1, 0.15) is 0 Å². The minimum Gasteiger partial charge on any atom is -0.497 e. The number of amides is 1. The van der Waals surface area contributed by atoms with E-state index in [4.69, 9.17) is 14.2 Å². The van der Waals surface area contributed by atoms with Gasteiger partial charge in [-0.3, -0.25) is 0 Å². The number of rotatable bonds is 5. The van der Waals surface area contributed by atoms with Crippen molar-refractivity contribution in [1.29, 1.82) is 0 Å². The molecule has 0 saturated carbocycles. The van der Waals surface area contributed by atoms with Crippen LogP contribution in [0, 0.1) is 0 Å². The number of hydrogen-bond acceptors (Lipinski definition) is 5. The zero-order valence-corrected chi connectivity index (χ0v) is 15.6. The summed E-state index contributed by atoms with van der Waals surface area (Å²) in [4.78, 5) is 20.8. The summed E-state index contributed by atoms with van der Waals surface area (Å²) >= 11 is 0. The fraction of sp³-hybridized carbons (Fsp3) is 0.200. The lowest BCUT2D eigenvalue weighted by Crippen LogP contribution is -2.25. The average Bonchev–Trinajstić information content (AvgIpc) is 3.11. The van der Waals surface area contributed by atoms with Crippen molar-refractivity contribution >= 4 is 6.09 Å². The Bertz CT molecular complexity index is 850. The SMILES string of the molecule is COc1ccc(-c2nc(OC(=O)N(C)C)[nH]c2-c2ccc(OC)cc2)cc1. The molecule has 7 nitrogen and oxygen atoms in total. The Morgan fingerprint density at radius 1 is 0.889 bits per heavy atom. The largest absolute Gasteiger partial charge is 0.497 e. The molecule has 0 saturated heterocycles. The number of H-pyrrole nitrogens is 1. The molecule has 3 rings (SSSR count). The Hall–Kier alpha value is -3.48. The van der Waals surface area contributed by atoms with E-state index in [1.54, 1.807) is 28.3 Å². The predicted octanol–water partition coefficient (Wildman–Crippen LogP) is 3.82. The normalized spacial score (nSPS) is 10.4. The number of benzene rings is 2. The minimum absolute atomic E-state index is 0.130. The van der Waals surface area contributed by atoms with E-state index in [-0.39, 0.29) is 6.01 Å². The molecule has 1 aromatic heterocycles. The van der Waals surface area contributed by atoms with Crippen molar-refractivity contribution in [3.8, 4) is 40.0 Å². The van der Waals surface area contributed by atoms with Crippen LogP contribution in [-0.4, -0.2) is 49.3 Å². The van der Waals surface area contributed by atoms with E-state index in [9.17, 15) is 4.79 Å². The van der Waals surface area contributed by atoms with Gasteiger partial charge in [0.05, 0.1) is 19.9 Å². The Labute approximate surface area is 157 Å². The van der Waals surface area contributed by atoms with Gasteiger partial charge in [0.1, 0.15) is 17.2 Å². The molecular weight excluding hydrogens is 346 g/mol. The molecule has 0 spiro atoms. The molecule has 1 N–H and O–H groups in total. The molecule has 27 heavy (non-hydrogen) atoms. The molecule has 0 aliphatic heterocycles. The standard InChI is InChI=1S/C20H21N3O4/c1-23(2)20(24)27-19-21-17(13-5-9-15(25-3)10-6-13)18(22-19)14-7-11-16(26-4)12-8-14/h5-12H,1-4H3,(H,21,22). The fourth-order valence-electron chi connectivity index (χ4n) is 2.50. The van der Waals surface area contributed by atoms with E-state index in [0.29, 0.717) is 5.69 Å². The fourth-order valence-corrected chi connectivity index (χ4v) is 2.50. The van der Waals surface area contributed by atoms with Gasteiger partial charge in [0, 0.05) is 25.2 Å². The minimum atomic E-state index is -0.508. The number of nitrogens with zero attached hydrogens (tertiary/aromatic N) is 2. The van der Waals surface area contributed by atoms with E-state index in [1.807, 2.05) is 48.5 Å². The molecule has 140 valence electrons. The van der Waals surface area contributed by atoms with Crippen molar-refractivity contribution in [2.75, 3.05) is 28.3 Å². The number of aromatic nitrogens is 2. The van der Waals surface area contributed by atoms with Gasteiger partial charge in [0.15, 0.2) is 0 Å². The molecular formula is C20H21N3O4. The molecule has 0 bridgehead atoms. The highest BCUT2D eigenvalue weighted by atomic mass is 16.6. The molecule has 1 amide bonds. The maximum Gasteiger partial charge on any atom is 0.417 e. The third-order valence-corrected chi connectivity index (χ3v) is 3.97. The van der Waals surface area contributed by atoms with Crippen molar-refractivity contribution in [2.24, 2.45) is 0 Å². The van der Waals surface area contributed by atoms with Gasteiger partial charge in [0.25, 0.3) is 0 Å². The summed E-state index contributed by atoms with van der Waals surface area (Å²) in [6, 6.07) is 15.2. The highest BCUT2D eigenvalue weighted by Gasteiger charge is 2.18. The molecule has 0 fully saturated rings. The first kappa shape index (κ1) is 18.3. The van der Waals surface area contributed by atoms with Crippen molar-refractivity contribution in [3.05, 3.63) is 48.5 Å². The van der Waals surface area contributed by atoms with Crippen LogP contribution < -0.4 is 14.2 Å². The van der Waals surface area contributed by atoms with Crippen LogP contribution in [0.15, 0.2) is 48.5 Å². The maximum atomic E-state index is 11.9. The Morgan fingerprint density at radius 2 is 1.41 bits per heavy atom. The number of aromatic amines is 1. The molecule has 0 radical (unpaired) electrons. The zero-order valence-electron chi connectivity index (χ0n) is 15.6. The van der Waals surface area contributed by atoms with Gasteiger partial charge < -0.3 is 24.1 Å². The van der Waals surface area contributed by atoms with Crippen LogP contribution in [0.4, 0.5) is 4.79 Å². The van der Waals surface area contributed by atoms with E-state index in [0.717, 1.165) is 28.3 Å². The zero-order chi connectivity index (χ0) is 19.4. The first-order valence-corrected chi connectivity index (χ1v) is 8.30. The highest BCUT2D eigenvalue weighted by Crippen LogP contribution is 2.33. The summed E-state index contributed by atoms with van der Waals surface area (Å²) in [5.74, 6) is 1.50. The van der Waals surface area contributed by atoms with Gasteiger partial charge in [-0.2, -0.15) is 4.98 Å². The van der Waals surface area contributed by atoms with E-state index >= 15 is 0 Å². The van der Waals surface area contributed by atoms with E-state index in [1.165, 1.54) is 4.90 Å². The number of hydrogen-bond donors (Lipinski definition) is 1. The summed E-state index contributed by atoms with van der Waals surface area (Å²) < 4.78 is 15.7. The Kier molecular flexibility index (Phi) is 5.30. The van der Waals surface area contributed by atoms with Crippen LogP contribution in [0.5, 0.6) is 17.5 Å². The monoisotopic (exact) mass is 367 g/mol. The van der Waals surface area contributed by atoms with Crippen molar-refractivity contribution in [3.63, 3.8) is 0 Å². The lowest BCUT2D eigenvalue weighted by Gasteiger charge is -2.07. The van der Waals surface area contributed by atoms with Gasteiger partial charge in [-0.1, -0.05) is 0 Å². The number of nitrogens with one attached hydrogen (secondary N) is 1. The lowest BCUT2D eigenvalue weighted by atomic mass is 10.0. The second kappa shape index (κ2) is 7.82. The molecule has 3 aromatic rings. The lowest BCUT2D eigenvalue weighted by molar-refractivity contribution is 0.168. The van der Waals surface area contributed by atoms with E-state index < -0.39 is 6.09 Å². The number of imidazole rings is 1. The van der Waals surface area contributed by atoms with Crippen LogP contribution >= 0.6 is 0 Å². The quantitative estimate of drug-likeness (QED) is 0.742. The Morgan fingerprint density at radius 3 is 1.89 bits per heavy atom. The van der Waals surface area contributed by atoms with Gasteiger partial charge in [0.2, 0.25) is 0 Å². The van der Waals surface area contributed by atoms with Gasteiger partial charge in [-0.25, -0.2) is 4.79 Å². The summed E-state index contributed by atoms with van der Waals surface area (Å²) in [5.41, 5.74) is 3.17. The first-order chi connectivity index (χ1) is 13.0. The first-order valence-electron chi connectivity index (χ1n) is 8.30. The molecule has 0 unspecified atom stereocenters. The van der Waals surface area contributed by atoms with Crippen molar-refractivity contribution in [1.82, 2.24) is 14.9 Å². The van der Waals surface area contributed by atoms with Crippen molar-refractivity contribution < 1.29 is 19.0 Å². The van der Waals surface area contributed by atoms with E-state index in [2.05, 4.69) is 9.97 Å². The third-order valence-electron chi connectivity index (χ3n) is 3.97. The number of ether oxygens (including phenoxy) is 3. The predicted molar refractivity (Wildman–Crippen MR) is 102 cm³/mol. The number of carbonyl (C=O) groups excluding carboxylic acids is 1. The Balaban J connectivity index is 2.04. The van der Waals surface area contributed by atoms with Gasteiger partial charge >= 0.3 is 12.1 Å². The number of methoxy groups -OCH3 is 2. The third kappa shape index (κ3) is 4.03. The second-order valence-electron chi connectivity index (χ2n) is 5.98. The molecule has 0 aliphatic rings. The highest BCUT2D eigenvalue weighted by molar-refractivity contribution is 5.80. The molecule has 1 heterocycles. The van der Waals surface area contributed by atoms with Crippen LogP contribution in [0.3, 0.4) is 0 Å². The summed E-state index contributed by atoms with van der Waals surface area (Å²) in [7, 11) is 6.46. The number of carbonyl (C=O) groups is 1. The molecule has 0 aliphatic carbocycles. The maximum absolute atomic E-state index is 11.9. The second-order valence-corrected chi connectivity index (χ2v) is 5.98. The van der Waals surface area contributed by atoms with Crippen LogP contribution in [0.25, 0.3) is 22.5 Å². The molecule has 2 aromatic carbocycles. The summed E-state index contributed by atoms with van der Waals surface area (Å²) in [5, 5.41) is 0. The smallest absolute Gasteiger partial charge is 0.417 e. The van der Waals surface area contributed by atoms with Gasteiger partial charge in [-0.15, -0.1) is 0 Å².